The number of para-hydroxylation sites is 1. The number of unbranched alkanes of at least 4 members (excludes halogenated alkanes) is 11. The predicted octanol–water partition coefficient (Wildman–Crippen LogP) is 6.64. The Morgan fingerprint density at radius 2 is 1.55 bits per heavy atom. The van der Waals surface area contributed by atoms with Crippen molar-refractivity contribution in [1.29, 1.82) is 0 Å². The number of amides is 1. The second-order valence-electron chi connectivity index (χ2n) is 10.3. The summed E-state index contributed by atoms with van der Waals surface area (Å²) in [5.74, 6) is 0.549. The fourth-order valence-electron chi connectivity index (χ4n) is 4.87. The number of nitrogens with one attached hydrogen (secondary N) is 1. The Morgan fingerprint density at radius 3 is 2.23 bits per heavy atom. The Balaban J connectivity index is 0.00000560. The minimum Gasteiger partial charge on any atom is -1.00 e. The third-order valence-electron chi connectivity index (χ3n) is 7.06. The molecule has 1 N–H and O–H groups in total. The van der Waals surface area contributed by atoms with Gasteiger partial charge in [0.1, 0.15) is 12.3 Å². The van der Waals surface area contributed by atoms with Crippen LogP contribution in [0.15, 0.2) is 54.0 Å². The number of anilines is 1. The molecule has 1 aromatic heterocycles. The second-order valence-corrected chi connectivity index (χ2v) is 11.6. The van der Waals surface area contributed by atoms with Crippen molar-refractivity contribution in [3.8, 4) is 16.3 Å². The van der Waals surface area contributed by atoms with Gasteiger partial charge in [-0.3, -0.25) is 4.79 Å². The molecule has 0 bridgehead atoms. The molecular weight excluding hydrogens is 559 g/mol. The largest absolute Gasteiger partial charge is 1.00 e. The van der Waals surface area contributed by atoms with Crippen molar-refractivity contribution >= 4 is 34.5 Å². The molecule has 0 aliphatic heterocycles. The number of halogens is 2. The van der Waals surface area contributed by atoms with Gasteiger partial charge in [-0.05, 0) is 37.6 Å². The molecule has 0 aliphatic rings. The van der Waals surface area contributed by atoms with Crippen molar-refractivity contribution in [1.82, 2.24) is 0 Å². The van der Waals surface area contributed by atoms with Crippen molar-refractivity contribution in [3.63, 3.8) is 0 Å². The van der Waals surface area contributed by atoms with Gasteiger partial charge in [0.15, 0.2) is 6.20 Å². The third-order valence-corrected chi connectivity index (χ3v) is 8.31. The van der Waals surface area contributed by atoms with Crippen molar-refractivity contribution in [2.75, 3.05) is 11.9 Å². The molecule has 0 radical (unpaired) electrons. The number of carbonyl (C=O) groups is 1. The summed E-state index contributed by atoms with van der Waals surface area (Å²) in [4.78, 5) is 12.9. The quantitative estimate of drug-likeness (QED) is 0.123. The SMILES string of the molecule is CCCCCCCCCCCCCCOc1c(Cl)cccc1CC(=O)Nc1cccc(-c2scc[n+]2CC)c1.[Cl-]. The van der Waals surface area contributed by atoms with Crippen molar-refractivity contribution in [3.05, 3.63) is 64.6 Å². The molecule has 0 spiro atoms. The van der Waals surface area contributed by atoms with E-state index >= 15 is 0 Å². The van der Waals surface area contributed by atoms with Gasteiger partial charge in [0.2, 0.25) is 5.91 Å². The molecule has 40 heavy (non-hydrogen) atoms. The van der Waals surface area contributed by atoms with E-state index in [0.717, 1.165) is 36.2 Å². The summed E-state index contributed by atoms with van der Waals surface area (Å²) < 4.78 is 8.30. The van der Waals surface area contributed by atoms with E-state index in [1.807, 2.05) is 36.4 Å². The summed E-state index contributed by atoms with van der Waals surface area (Å²) in [6.07, 6.45) is 18.0. The number of carbonyl (C=O) groups excluding carboxylic acids is 1. The molecule has 0 saturated carbocycles. The number of hydrogen-bond acceptors (Lipinski definition) is 3. The van der Waals surface area contributed by atoms with E-state index in [2.05, 4.69) is 41.4 Å². The average molecular weight is 606 g/mol. The predicted molar refractivity (Wildman–Crippen MR) is 166 cm³/mol. The van der Waals surface area contributed by atoms with Crippen molar-refractivity contribution < 1.29 is 26.5 Å². The Bertz CT molecular complexity index is 1140. The minimum absolute atomic E-state index is 0. The third kappa shape index (κ3) is 11.8. The first kappa shape index (κ1) is 34.1. The molecule has 220 valence electrons. The van der Waals surface area contributed by atoms with Crippen LogP contribution in [0.5, 0.6) is 5.75 Å². The highest BCUT2D eigenvalue weighted by molar-refractivity contribution is 7.12. The van der Waals surface area contributed by atoms with Crippen LogP contribution in [0.1, 0.15) is 96.5 Å². The standard InChI is InChI=1S/C33H45ClN2O2S.ClH/c1-3-5-6-7-8-9-10-11-12-13-14-15-23-38-32-27(18-17-21-30(32)34)26-31(37)35-29-20-16-19-28(25-29)33-36(4-2)22-24-39-33;/h16-22,24-25H,3-15,23,26H2,1-2H3;1H. The van der Waals surface area contributed by atoms with Gasteiger partial charge in [0, 0.05) is 11.3 Å². The molecule has 4 nitrogen and oxygen atoms in total. The van der Waals surface area contributed by atoms with Gasteiger partial charge in [-0.25, -0.2) is 0 Å². The number of nitrogens with zero attached hydrogens (tertiary/aromatic N) is 1. The lowest BCUT2D eigenvalue weighted by Crippen LogP contribution is -3.00. The smallest absolute Gasteiger partial charge is 0.269 e. The zero-order valence-corrected chi connectivity index (χ0v) is 26.6. The molecule has 0 aliphatic carbocycles. The van der Waals surface area contributed by atoms with E-state index < -0.39 is 0 Å². The van der Waals surface area contributed by atoms with Gasteiger partial charge in [0.05, 0.1) is 29.0 Å². The van der Waals surface area contributed by atoms with E-state index in [4.69, 9.17) is 16.3 Å². The normalized spacial score (nSPS) is 10.8. The topological polar surface area (TPSA) is 42.2 Å². The van der Waals surface area contributed by atoms with Gasteiger partial charge in [-0.1, -0.05) is 119 Å². The van der Waals surface area contributed by atoms with Crippen molar-refractivity contribution in [2.24, 2.45) is 0 Å². The molecule has 1 heterocycles. The lowest BCUT2D eigenvalue weighted by molar-refractivity contribution is -0.678. The van der Waals surface area contributed by atoms with Crippen LogP contribution in [-0.4, -0.2) is 12.5 Å². The van der Waals surface area contributed by atoms with Crippen LogP contribution >= 0.6 is 22.9 Å². The maximum atomic E-state index is 12.9. The Hall–Kier alpha value is -2.08. The average Bonchev–Trinajstić information content (AvgIpc) is 3.42. The summed E-state index contributed by atoms with van der Waals surface area (Å²) in [6, 6.07) is 13.6. The van der Waals surface area contributed by atoms with Gasteiger partial charge in [-0.15, -0.1) is 0 Å². The van der Waals surface area contributed by atoms with Crippen LogP contribution in [-0.2, 0) is 17.8 Å². The number of thiazole rings is 1. The summed E-state index contributed by atoms with van der Waals surface area (Å²) in [6.45, 7) is 5.93. The van der Waals surface area contributed by atoms with E-state index in [1.165, 1.54) is 69.2 Å². The van der Waals surface area contributed by atoms with Gasteiger partial charge in [0.25, 0.3) is 5.01 Å². The zero-order chi connectivity index (χ0) is 27.7. The molecule has 7 heteroatoms. The first-order valence-electron chi connectivity index (χ1n) is 14.9. The van der Waals surface area contributed by atoms with Crippen LogP contribution in [0.25, 0.3) is 10.6 Å². The first-order valence-corrected chi connectivity index (χ1v) is 16.2. The summed E-state index contributed by atoms with van der Waals surface area (Å²) in [5.41, 5.74) is 2.70. The summed E-state index contributed by atoms with van der Waals surface area (Å²) in [5, 5.41) is 6.87. The zero-order valence-electron chi connectivity index (χ0n) is 24.2. The fourth-order valence-corrected chi connectivity index (χ4v) is 6.04. The number of hydrogen-bond donors (Lipinski definition) is 1. The maximum Gasteiger partial charge on any atom is 0.269 e. The lowest BCUT2D eigenvalue weighted by atomic mass is 10.1. The van der Waals surface area contributed by atoms with E-state index in [9.17, 15) is 4.79 Å². The molecule has 0 unspecified atom stereocenters. The Kier molecular flexibility index (Phi) is 17.0. The minimum atomic E-state index is -0.0841. The molecule has 3 rings (SSSR count). The molecule has 2 aromatic carbocycles. The Labute approximate surface area is 256 Å². The highest BCUT2D eigenvalue weighted by Gasteiger charge is 2.16. The maximum absolute atomic E-state index is 12.9. The van der Waals surface area contributed by atoms with Crippen LogP contribution in [0.4, 0.5) is 5.69 Å². The summed E-state index contributed by atoms with van der Waals surface area (Å²) in [7, 11) is 0. The van der Waals surface area contributed by atoms with Crippen LogP contribution in [0.2, 0.25) is 5.02 Å². The summed E-state index contributed by atoms with van der Waals surface area (Å²) >= 11 is 8.17. The molecular formula is C33H46Cl2N2O2S. The number of benzene rings is 2. The fraction of sp³-hybridized carbons (Fsp3) is 0.515. The molecule has 1 amide bonds. The van der Waals surface area contributed by atoms with Gasteiger partial charge >= 0.3 is 0 Å². The number of rotatable bonds is 19. The molecule has 0 atom stereocenters. The highest BCUT2D eigenvalue weighted by atomic mass is 35.5. The number of aryl methyl sites for hydroxylation is 1. The number of ether oxygens (including phenoxy) is 1. The van der Waals surface area contributed by atoms with E-state index in [1.54, 1.807) is 11.3 Å². The van der Waals surface area contributed by atoms with E-state index in [-0.39, 0.29) is 24.7 Å². The second kappa shape index (κ2) is 19.9. The Morgan fingerprint density at radius 1 is 0.900 bits per heavy atom. The van der Waals surface area contributed by atoms with Crippen LogP contribution in [0, 0.1) is 0 Å². The molecule has 3 aromatic rings. The number of aromatic nitrogens is 1. The molecule has 0 fully saturated rings. The van der Waals surface area contributed by atoms with Crippen molar-refractivity contribution in [2.45, 2.75) is 104 Å². The van der Waals surface area contributed by atoms with Gasteiger partial charge in [-0.2, -0.15) is 4.57 Å². The van der Waals surface area contributed by atoms with Crippen LogP contribution < -0.4 is 27.0 Å². The van der Waals surface area contributed by atoms with Crippen LogP contribution in [0.3, 0.4) is 0 Å². The van der Waals surface area contributed by atoms with Gasteiger partial charge < -0.3 is 22.5 Å². The molecule has 0 saturated heterocycles. The first-order chi connectivity index (χ1) is 19.1. The monoisotopic (exact) mass is 604 g/mol. The van der Waals surface area contributed by atoms with E-state index in [0.29, 0.717) is 17.4 Å². The highest BCUT2D eigenvalue weighted by Crippen LogP contribution is 2.30. The lowest BCUT2D eigenvalue weighted by Gasteiger charge is -2.13.